The van der Waals surface area contributed by atoms with Crippen molar-refractivity contribution in [2.24, 2.45) is 0 Å². The molecule has 3 rings (SSSR count). The molecule has 130 valence electrons. The van der Waals surface area contributed by atoms with Crippen molar-refractivity contribution in [1.29, 1.82) is 0 Å². The average molecular weight is 344 g/mol. The zero-order chi connectivity index (χ0) is 18.0. The molecule has 1 N–H and O–H groups in total. The predicted molar refractivity (Wildman–Crippen MR) is 86.8 cm³/mol. The fraction of sp³-hybridized carbons (Fsp3) is 0.278. The topological polar surface area (TPSA) is 79.7 Å². The lowest BCUT2D eigenvalue weighted by Gasteiger charge is -2.37. The third-order valence-corrected chi connectivity index (χ3v) is 3.98. The number of hydrogen-bond donors (Lipinski definition) is 1. The first kappa shape index (κ1) is 17.0. The van der Waals surface area contributed by atoms with E-state index < -0.39 is 5.97 Å². The van der Waals surface area contributed by atoms with Crippen molar-refractivity contribution >= 4 is 11.9 Å². The molecular formula is C18H17FN2O4. The van der Waals surface area contributed by atoms with E-state index in [2.05, 4.69) is 4.98 Å². The van der Waals surface area contributed by atoms with Gasteiger partial charge in [0.15, 0.2) is 0 Å². The Morgan fingerprint density at radius 2 is 1.84 bits per heavy atom. The van der Waals surface area contributed by atoms with Gasteiger partial charge in [-0.05, 0) is 36.8 Å². The summed E-state index contributed by atoms with van der Waals surface area (Å²) < 4.78 is 19.0. The Bertz CT molecular complexity index is 794. The van der Waals surface area contributed by atoms with Gasteiger partial charge in [-0.15, -0.1) is 0 Å². The molecule has 1 amide bonds. The largest absolute Gasteiger partial charge is 0.477 e. The minimum Gasteiger partial charge on any atom is -0.477 e. The molecule has 1 saturated heterocycles. The smallest absolute Gasteiger partial charge is 0.354 e. The molecule has 1 aromatic heterocycles. The highest BCUT2D eigenvalue weighted by Crippen LogP contribution is 2.26. The molecule has 2 unspecified atom stereocenters. The van der Waals surface area contributed by atoms with Gasteiger partial charge in [0.25, 0.3) is 5.91 Å². The van der Waals surface area contributed by atoms with E-state index in [4.69, 9.17) is 9.84 Å². The van der Waals surface area contributed by atoms with Crippen LogP contribution >= 0.6 is 0 Å². The van der Waals surface area contributed by atoms with E-state index >= 15 is 0 Å². The van der Waals surface area contributed by atoms with Crippen molar-refractivity contribution in [2.75, 3.05) is 13.1 Å². The molecule has 1 aromatic carbocycles. The number of morpholine rings is 1. The molecule has 0 saturated carbocycles. The van der Waals surface area contributed by atoms with Crippen LogP contribution in [-0.4, -0.2) is 46.1 Å². The normalized spacial score (nSPS) is 20.3. The Labute approximate surface area is 143 Å². The van der Waals surface area contributed by atoms with Crippen LogP contribution in [0.4, 0.5) is 4.39 Å². The number of carbonyl (C=O) groups is 2. The molecule has 2 heterocycles. The van der Waals surface area contributed by atoms with Gasteiger partial charge in [-0.1, -0.05) is 18.2 Å². The van der Waals surface area contributed by atoms with Gasteiger partial charge in [0.05, 0.1) is 12.6 Å². The van der Waals surface area contributed by atoms with Crippen molar-refractivity contribution in [3.63, 3.8) is 0 Å². The number of carboxylic acids is 1. The van der Waals surface area contributed by atoms with Crippen molar-refractivity contribution in [3.05, 3.63) is 65.2 Å². The molecule has 2 atom stereocenters. The molecule has 7 heteroatoms. The van der Waals surface area contributed by atoms with Crippen LogP contribution in [0.5, 0.6) is 0 Å². The van der Waals surface area contributed by atoms with Crippen LogP contribution in [0, 0.1) is 5.82 Å². The lowest BCUT2D eigenvalue weighted by atomic mass is 10.1. The molecule has 1 aliphatic rings. The van der Waals surface area contributed by atoms with Crippen LogP contribution < -0.4 is 0 Å². The Hall–Kier alpha value is -2.80. The van der Waals surface area contributed by atoms with Crippen LogP contribution in [0.1, 0.15) is 39.6 Å². The number of ether oxygens (including phenoxy) is 1. The van der Waals surface area contributed by atoms with Gasteiger partial charge in [-0.25, -0.2) is 14.2 Å². The predicted octanol–water partition coefficient (Wildman–Crippen LogP) is 2.52. The van der Waals surface area contributed by atoms with Gasteiger partial charge < -0.3 is 14.7 Å². The van der Waals surface area contributed by atoms with Crippen molar-refractivity contribution in [2.45, 2.75) is 19.1 Å². The first-order valence-electron chi connectivity index (χ1n) is 7.84. The molecule has 0 radical (unpaired) electrons. The minimum atomic E-state index is -1.19. The highest BCUT2D eigenvalue weighted by molar-refractivity contribution is 5.94. The molecule has 0 aliphatic carbocycles. The van der Waals surface area contributed by atoms with Crippen LogP contribution in [0.2, 0.25) is 0 Å². The summed E-state index contributed by atoms with van der Waals surface area (Å²) in [6.45, 7) is 2.50. The molecule has 0 spiro atoms. The molecule has 1 aliphatic heterocycles. The summed E-state index contributed by atoms with van der Waals surface area (Å²) in [5, 5.41) is 9.02. The summed E-state index contributed by atoms with van der Waals surface area (Å²) in [7, 11) is 0. The maximum Gasteiger partial charge on any atom is 0.354 e. The Balaban J connectivity index is 1.81. The second-order valence-electron chi connectivity index (χ2n) is 5.91. The Morgan fingerprint density at radius 3 is 2.52 bits per heavy atom. The zero-order valence-electron chi connectivity index (χ0n) is 13.6. The number of aromatic carboxylic acids is 1. The summed E-state index contributed by atoms with van der Waals surface area (Å²) >= 11 is 0. The van der Waals surface area contributed by atoms with E-state index in [9.17, 15) is 14.0 Å². The number of carbonyl (C=O) groups excluding carboxylic acids is 1. The second kappa shape index (κ2) is 6.98. The number of pyridine rings is 1. The van der Waals surface area contributed by atoms with E-state index in [0.717, 1.165) is 5.56 Å². The number of hydrogen-bond acceptors (Lipinski definition) is 4. The third kappa shape index (κ3) is 3.83. The van der Waals surface area contributed by atoms with Gasteiger partial charge in [0.1, 0.15) is 23.3 Å². The summed E-state index contributed by atoms with van der Waals surface area (Å²) in [6.07, 6.45) is -0.591. The third-order valence-electron chi connectivity index (χ3n) is 3.98. The number of nitrogens with zero attached hydrogens (tertiary/aromatic N) is 2. The second-order valence-corrected chi connectivity index (χ2v) is 5.91. The van der Waals surface area contributed by atoms with Crippen LogP contribution in [-0.2, 0) is 4.74 Å². The molecule has 1 fully saturated rings. The minimum absolute atomic E-state index is 0.0758. The van der Waals surface area contributed by atoms with E-state index in [-0.39, 0.29) is 41.9 Å². The lowest BCUT2D eigenvalue weighted by molar-refractivity contribution is -0.0693. The standard InChI is InChI=1S/C18H17FN2O4/c1-11-9-21(10-16(25-11)12-5-7-13(19)8-6-12)17(22)14-3-2-4-15(20-14)18(23)24/h2-8,11,16H,9-10H2,1H3,(H,23,24). The van der Waals surface area contributed by atoms with Crippen molar-refractivity contribution < 1.29 is 23.8 Å². The fourth-order valence-corrected chi connectivity index (χ4v) is 2.81. The van der Waals surface area contributed by atoms with Crippen LogP contribution in [0.3, 0.4) is 0 Å². The summed E-state index contributed by atoms with van der Waals surface area (Å²) in [5.41, 5.74) is 0.673. The SMILES string of the molecule is CC1CN(C(=O)c2cccc(C(=O)O)n2)CC(c2ccc(F)cc2)O1. The van der Waals surface area contributed by atoms with Crippen molar-refractivity contribution in [3.8, 4) is 0 Å². The lowest BCUT2D eigenvalue weighted by Crippen LogP contribution is -2.46. The first-order valence-corrected chi connectivity index (χ1v) is 7.84. The molecular weight excluding hydrogens is 327 g/mol. The maximum absolute atomic E-state index is 13.1. The number of amides is 1. The van der Waals surface area contributed by atoms with Crippen LogP contribution in [0.15, 0.2) is 42.5 Å². The van der Waals surface area contributed by atoms with Gasteiger partial charge >= 0.3 is 5.97 Å². The Morgan fingerprint density at radius 1 is 1.16 bits per heavy atom. The van der Waals surface area contributed by atoms with Crippen molar-refractivity contribution in [1.82, 2.24) is 9.88 Å². The fourth-order valence-electron chi connectivity index (χ4n) is 2.81. The average Bonchev–Trinajstić information content (AvgIpc) is 2.61. The van der Waals surface area contributed by atoms with Gasteiger partial charge in [0.2, 0.25) is 0 Å². The molecule has 6 nitrogen and oxygen atoms in total. The van der Waals surface area contributed by atoms with Gasteiger partial charge in [0, 0.05) is 6.54 Å². The van der Waals surface area contributed by atoms with Gasteiger partial charge in [-0.2, -0.15) is 0 Å². The summed E-state index contributed by atoms with van der Waals surface area (Å²) in [5.74, 6) is -1.88. The summed E-state index contributed by atoms with van der Waals surface area (Å²) in [6, 6.07) is 10.3. The van der Waals surface area contributed by atoms with E-state index in [0.29, 0.717) is 6.54 Å². The molecule has 2 aromatic rings. The number of rotatable bonds is 3. The molecule has 25 heavy (non-hydrogen) atoms. The molecule has 0 bridgehead atoms. The van der Waals surface area contributed by atoms with Gasteiger partial charge in [-0.3, -0.25) is 4.79 Å². The highest BCUT2D eigenvalue weighted by Gasteiger charge is 2.30. The number of halogens is 1. The van der Waals surface area contributed by atoms with E-state index in [1.807, 2.05) is 6.92 Å². The quantitative estimate of drug-likeness (QED) is 0.925. The number of benzene rings is 1. The van der Waals surface area contributed by atoms with E-state index in [1.54, 1.807) is 17.0 Å². The highest BCUT2D eigenvalue weighted by atomic mass is 19.1. The van der Waals surface area contributed by atoms with E-state index in [1.165, 1.54) is 30.3 Å². The van der Waals surface area contributed by atoms with Crippen LogP contribution in [0.25, 0.3) is 0 Å². The summed E-state index contributed by atoms with van der Waals surface area (Å²) in [4.78, 5) is 29.2. The maximum atomic E-state index is 13.1. The zero-order valence-corrected chi connectivity index (χ0v) is 13.6. The number of aromatic nitrogens is 1. The monoisotopic (exact) mass is 344 g/mol. The first-order chi connectivity index (χ1) is 11.9. The number of carboxylic acid groups (broad SMARTS) is 1. The Kier molecular flexibility index (Phi) is 4.76.